The van der Waals surface area contributed by atoms with Crippen LogP contribution in [0.5, 0.6) is 5.75 Å². The molecule has 1 saturated carbocycles. The average molecular weight is 290 g/mol. The van der Waals surface area contributed by atoms with E-state index in [1.54, 1.807) is 0 Å². The molecule has 0 spiro atoms. The molecule has 4 nitrogen and oxygen atoms in total. The van der Waals surface area contributed by atoms with Crippen molar-refractivity contribution in [3.05, 3.63) is 24.3 Å². The van der Waals surface area contributed by atoms with Crippen LogP contribution in [0.15, 0.2) is 24.3 Å². The Kier molecular flexibility index (Phi) is 5.62. The van der Waals surface area contributed by atoms with E-state index in [-0.39, 0.29) is 24.0 Å². The summed E-state index contributed by atoms with van der Waals surface area (Å²) in [5.41, 5.74) is 6.84. The number of carbonyl (C=O) groups excluding carboxylic acids is 1. The van der Waals surface area contributed by atoms with E-state index in [4.69, 9.17) is 10.5 Å². The molecule has 1 aliphatic carbocycles. The fourth-order valence-corrected chi connectivity index (χ4v) is 2.68. The van der Waals surface area contributed by atoms with Gasteiger partial charge in [0, 0.05) is 17.8 Å². The molecule has 116 valence electrons. The molecule has 0 bridgehead atoms. The number of nitrogens with two attached hydrogens (primary N) is 1. The molecule has 1 aromatic rings. The normalized spacial score (nSPS) is 23.4. The van der Waals surface area contributed by atoms with Crippen molar-refractivity contribution in [1.82, 2.24) is 0 Å². The van der Waals surface area contributed by atoms with Crippen LogP contribution in [0.4, 0.5) is 5.69 Å². The number of amides is 1. The Morgan fingerprint density at radius 2 is 2.19 bits per heavy atom. The molecule has 21 heavy (non-hydrogen) atoms. The van der Waals surface area contributed by atoms with E-state index in [0.29, 0.717) is 0 Å². The van der Waals surface area contributed by atoms with Crippen LogP contribution in [0.2, 0.25) is 0 Å². The van der Waals surface area contributed by atoms with Gasteiger partial charge < -0.3 is 15.8 Å². The third kappa shape index (κ3) is 4.46. The number of benzene rings is 1. The van der Waals surface area contributed by atoms with E-state index >= 15 is 0 Å². The van der Waals surface area contributed by atoms with Crippen LogP contribution < -0.4 is 15.8 Å². The lowest BCUT2D eigenvalue weighted by Crippen LogP contribution is -2.40. The summed E-state index contributed by atoms with van der Waals surface area (Å²) in [6.07, 6.45) is 5.16. The molecule has 0 aromatic heterocycles. The number of hydrogen-bond donors (Lipinski definition) is 2. The highest BCUT2D eigenvalue weighted by atomic mass is 16.5. The van der Waals surface area contributed by atoms with Crippen LogP contribution in [0, 0.1) is 5.92 Å². The third-order valence-electron chi connectivity index (χ3n) is 4.17. The zero-order valence-corrected chi connectivity index (χ0v) is 13.0. The van der Waals surface area contributed by atoms with Crippen molar-refractivity contribution in [1.29, 1.82) is 0 Å². The SMILES string of the molecule is CCC(C)Oc1cccc(NC(=O)C2CCCCC2N)c1. The van der Waals surface area contributed by atoms with E-state index in [9.17, 15) is 4.79 Å². The lowest BCUT2D eigenvalue weighted by atomic mass is 9.84. The van der Waals surface area contributed by atoms with Crippen molar-refractivity contribution in [2.24, 2.45) is 11.7 Å². The second-order valence-corrected chi connectivity index (χ2v) is 5.91. The fraction of sp³-hybridized carbons (Fsp3) is 0.588. The predicted octanol–water partition coefficient (Wildman–Crippen LogP) is 3.32. The molecule has 0 heterocycles. The molecule has 1 fully saturated rings. The Morgan fingerprint density at radius 1 is 1.43 bits per heavy atom. The topological polar surface area (TPSA) is 64.3 Å². The van der Waals surface area contributed by atoms with E-state index < -0.39 is 0 Å². The van der Waals surface area contributed by atoms with E-state index in [1.165, 1.54) is 0 Å². The van der Waals surface area contributed by atoms with Crippen molar-refractivity contribution in [3.63, 3.8) is 0 Å². The van der Waals surface area contributed by atoms with Crippen LogP contribution in [-0.2, 0) is 4.79 Å². The van der Waals surface area contributed by atoms with Gasteiger partial charge >= 0.3 is 0 Å². The minimum Gasteiger partial charge on any atom is -0.491 e. The minimum atomic E-state index is -0.0714. The Balaban J connectivity index is 1.98. The number of nitrogens with one attached hydrogen (secondary N) is 1. The summed E-state index contributed by atoms with van der Waals surface area (Å²) >= 11 is 0. The van der Waals surface area contributed by atoms with Crippen molar-refractivity contribution in [2.75, 3.05) is 5.32 Å². The zero-order chi connectivity index (χ0) is 15.2. The highest BCUT2D eigenvalue weighted by Crippen LogP contribution is 2.25. The maximum atomic E-state index is 12.3. The standard InChI is InChI=1S/C17H26N2O2/c1-3-12(2)21-14-8-6-7-13(11-14)19-17(20)15-9-4-5-10-16(15)18/h6-8,11-12,15-16H,3-5,9-10,18H2,1-2H3,(H,19,20). The first kappa shape index (κ1) is 15.8. The molecule has 0 aliphatic heterocycles. The second kappa shape index (κ2) is 7.46. The van der Waals surface area contributed by atoms with Gasteiger partial charge in [0.2, 0.25) is 5.91 Å². The van der Waals surface area contributed by atoms with Crippen LogP contribution in [-0.4, -0.2) is 18.1 Å². The summed E-state index contributed by atoms with van der Waals surface area (Å²) in [4.78, 5) is 12.3. The van der Waals surface area contributed by atoms with Crippen molar-refractivity contribution in [2.45, 2.75) is 58.1 Å². The molecule has 0 saturated heterocycles. The van der Waals surface area contributed by atoms with Gasteiger partial charge in [-0.1, -0.05) is 25.8 Å². The van der Waals surface area contributed by atoms with Crippen LogP contribution >= 0.6 is 0 Å². The second-order valence-electron chi connectivity index (χ2n) is 5.91. The molecule has 4 heteroatoms. The lowest BCUT2D eigenvalue weighted by Gasteiger charge is -2.27. The fourth-order valence-electron chi connectivity index (χ4n) is 2.68. The van der Waals surface area contributed by atoms with Gasteiger partial charge in [-0.2, -0.15) is 0 Å². The van der Waals surface area contributed by atoms with Gasteiger partial charge in [0.15, 0.2) is 0 Å². The Bertz CT molecular complexity index is 476. The number of rotatable bonds is 5. The van der Waals surface area contributed by atoms with Gasteiger partial charge in [-0.3, -0.25) is 4.79 Å². The first-order valence-electron chi connectivity index (χ1n) is 7.93. The van der Waals surface area contributed by atoms with Crippen molar-refractivity contribution >= 4 is 11.6 Å². The minimum absolute atomic E-state index is 0.0155. The van der Waals surface area contributed by atoms with E-state index in [2.05, 4.69) is 12.2 Å². The quantitative estimate of drug-likeness (QED) is 0.874. The van der Waals surface area contributed by atoms with E-state index in [0.717, 1.165) is 43.5 Å². The van der Waals surface area contributed by atoms with Gasteiger partial charge in [-0.05, 0) is 38.3 Å². The Hall–Kier alpha value is -1.55. The summed E-state index contributed by atoms with van der Waals surface area (Å²) in [6.45, 7) is 4.12. The van der Waals surface area contributed by atoms with Gasteiger partial charge in [0.1, 0.15) is 5.75 Å². The highest BCUT2D eigenvalue weighted by Gasteiger charge is 2.28. The smallest absolute Gasteiger partial charge is 0.229 e. The third-order valence-corrected chi connectivity index (χ3v) is 4.17. The first-order chi connectivity index (χ1) is 10.1. The lowest BCUT2D eigenvalue weighted by molar-refractivity contribution is -0.121. The summed E-state index contributed by atoms with van der Waals surface area (Å²) in [7, 11) is 0. The molecule has 1 amide bonds. The zero-order valence-electron chi connectivity index (χ0n) is 13.0. The Labute approximate surface area is 127 Å². The van der Waals surface area contributed by atoms with E-state index in [1.807, 2.05) is 31.2 Å². The van der Waals surface area contributed by atoms with Crippen molar-refractivity contribution < 1.29 is 9.53 Å². The molecular formula is C17H26N2O2. The number of anilines is 1. The predicted molar refractivity (Wildman–Crippen MR) is 85.4 cm³/mol. The number of hydrogen-bond acceptors (Lipinski definition) is 3. The maximum Gasteiger partial charge on any atom is 0.229 e. The molecule has 1 aromatic carbocycles. The summed E-state index contributed by atoms with van der Waals surface area (Å²) in [5, 5.41) is 2.97. The molecule has 3 N–H and O–H groups in total. The number of ether oxygens (including phenoxy) is 1. The molecule has 3 atom stereocenters. The monoisotopic (exact) mass is 290 g/mol. The molecule has 3 unspecified atom stereocenters. The van der Waals surface area contributed by atoms with Gasteiger partial charge in [-0.15, -0.1) is 0 Å². The number of carbonyl (C=O) groups is 1. The van der Waals surface area contributed by atoms with Crippen molar-refractivity contribution in [3.8, 4) is 5.75 Å². The van der Waals surface area contributed by atoms with Gasteiger partial charge in [-0.25, -0.2) is 0 Å². The summed E-state index contributed by atoms with van der Waals surface area (Å²) in [5.74, 6) is 0.746. The molecular weight excluding hydrogens is 264 g/mol. The van der Waals surface area contributed by atoms with Gasteiger partial charge in [0.25, 0.3) is 0 Å². The summed E-state index contributed by atoms with van der Waals surface area (Å²) in [6, 6.07) is 7.55. The first-order valence-corrected chi connectivity index (χ1v) is 7.93. The Morgan fingerprint density at radius 3 is 2.90 bits per heavy atom. The van der Waals surface area contributed by atoms with Gasteiger partial charge in [0.05, 0.1) is 12.0 Å². The maximum absolute atomic E-state index is 12.3. The summed E-state index contributed by atoms with van der Waals surface area (Å²) < 4.78 is 5.78. The molecule has 0 radical (unpaired) electrons. The molecule has 2 rings (SSSR count). The average Bonchev–Trinajstić information content (AvgIpc) is 2.47. The van der Waals surface area contributed by atoms with Crippen LogP contribution in [0.3, 0.4) is 0 Å². The van der Waals surface area contributed by atoms with Crippen LogP contribution in [0.1, 0.15) is 46.0 Å². The molecule has 1 aliphatic rings. The largest absolute Gasteiger partial charge is 0.491 e. The van der Waals surface area contributed by atoms with Crippen LogP contribution in [0.25, 0.3) is 0 Å². The highest BCUT2D eigenvalue weighted by molar-refractivity contribution is 5.93.